The van der Waals surface area contributed by atoms with Crippen molar-refractivity contribution in [3.63, 3.8) is 0 Å². The van der Waals surface area contributed by atoms with E-state index in [0.29, 0.717) is 6.04 Å². The second kappa shape index (κ2) is 6.85. The van der Waals surface area contributed by atoms with Crippen molar-refractivity contribution in [3.05, 3.63) is 44.8 Å². The zero-order valence-electron chi connectivity index (χ0n) is 11.9. The summed E-state index contributed by atoms with van der Waals surface area (Å²) in [5, 5.41) is 8.15. The van der Waals surface area contributed by atoms with Crippen LogP contribution in [0.4, 0.5) is 0 Å². The number of hydrogen-bond donors (Lipinski definition) is 1. The molecule has 0 aliphatic carbocycles. The van der Waals surface area contributed by atoms with Gasteiger partial charge in [-0.25, -0.2) is 0 Å². The molecule has 1 aliphatic rings. The fraction of sp³-hybridized carbons (Fsp3) is 0.500. The molecule has 0 amide bonds. The lowest BCUT2D eigenvalue weighted by Gasteiger charge is -2.19. The van der Waals surface area contributed by atoms with Gasteiger partial charge in [-0.2, -0.15) is 0 Å². The van der Waals surface area contributed by atoms with Gasteiger partial charge in [0.05, 0.1) is 6.04 Å². The summed E-state index contributed by atoms with van der Waals surface area (Å²) in [6.45, 7) is 7.10. The second-order valence-electron chi connectivity index (χ2n) is 5.42. The van der Waals surface area contributed by atoms with Gasteiger partial charge in [0.2, 0.25) is 0 Å². The molecule has 1 fully saturated rings. The lowest BCUT2D eigenvalue weighted by Crippen LogP contribution is -2.29. The number of likely N-dealkylation sites (tertiary alicyclic amines) is 1. The van der Waals surface area contributed by atoms with Crippen LogP contribution in [0.2, 0.25) is 0 Å². The van der Waals surface area contributed by atoms with Crippen LogP contribution >= 0.6 is 22.7 Å². The van der Waals surface area contributed by atoms with Crippen LogP contribution in [-0.2, 0) is 0 Å². The summed E-state index contributed by atoms with van der Waals surface area (Å²) >= 11 is 3.70. The van der Waals surface area contributed by atoms with Gasteiger partial charge in [-0.1, -0.05) is 19.1 Å². The molecule has 2 aromatic rings. The third-order valence-corrected chi connectivity index (χ3v) is 5.96. The molecular weight excluding hydrogens is 284 g/mol. The molecule has 1 saturated heterocycles. The Hall–Kier alpha value is -0.680. The molecule has 2 aromatic heterocycles. The Bertz CT molecular complexity index is 458. The van der Waals surface area contributed by atoms with Gasteiger partial charge in [0, 0.05) is 22.8 Å². The molecule has 0 bridgehead atoms. The van der Waals surface area contributed by atoms with Crippen molar-refractivity contribution in [2.24, 2.45) is 5.92 Å². The van der Waals surface area contributed by atoms with Gasteiger partial charge >= 0.3 is 0 Å². The minimum atomic E-state index is 0.380. The molecule has 0 aromatic carbocycles. The van der Waals surface area contributed by atoms with Crippen LogP contribution in [-0.4, -0.2) is 31.1 Å². The first-order valence-electron chi connectivity index (χ1n) is 7.39. The molecule has 4 heteroatoms. The molecule has 0 saturated carbocycles. The lowest BCUT2D eigenvalue weighted by atomic mass is 10.1. The van der Waals surface area contributed by atoms with Crippen LogP contribution in [0.3, 0.4) is 0 Å². The molecule has 0 radical (unpaired) electrons. The topological polar surface area (TPSA) is 15.3 Å². The number of thiophene rings is 2. The Morgan fingerprint density at radius 3 is 2.45 bits per heavy atom. The number of nitrogens with one attached hydrogen (secondary N) is 1. The first-order valence-corrected chi connectivity index (χ1v) is 9.15. The molecule has 1 atom stereocenters. The van der Waals surface area contributed by atoms with E-state index in [-0.39, 0.29) is 0 Å². The SMILES string of the molecule is CCN1CCC(CNC(c2cccs2)c2cccs2)C1. The lowest BCUT2D eigenvalue weighted by molar-refractivity contribution is 0.337. The van der Waals surface area contributed by atoms with Gasteiger partial charge in [-0.15, -0.1) is 22.7 Å². The molecular formula is C16H22N2S2. The first-order chi connectivity index (χ1) is 9.86. The van der Waals surface area contributed by atoms with E-state index < -0.39 is 0 Å². The van der Waals surface area contributed by atoms with Crippen molar-refractivity contribution in [2.75, 3.05) is 26.2 Å². The highest BCUT2D eigenvalue weighted by Gasteiger charge is 2.23. The van der Waals surface area contributed by atoms with E-state index in [0.717, 1.165) is 12.5 Å². The van der Waals surface area contributed by atoms with Gasteiger partial charge in [0.25, 0.3) is 0 Å². The highest BCUT2D eigenvalue weighted by Crippen LogP contribution is 2.29. The molecule has 1 N–H and O–H groups in total. The fourth-order valence-electron chi connectivity index (χ4n) is 2.90. The Labute approximate surface area is 129 Å². The summed E-state index contributed by atoms with van der Waals surface area (Å²) in [5.41, 5.74) is 0. The predicted octanol–water partition coefficient (Wildman–Crippen LogP) is 3.83. The quantitative estimate of drug-likeness (QED) is 0.872. The van der Waals surface area contributed by atoms with Crippen molar-refractivity contribution < 1.29 is 0 Å². The standard InChI is InChI=1S/C16H22N2S2/c1-2-18-8-7-13(12-18)11-17-16(14-5-3-9-19-14)15-6-4-10-20-15/h3-6,9-10,13,16-17H,2,7-8,11-12H2,1H3. The van der Waals surface area contributed by atoms with Gasteiger partial charge in [-0.3, -0.25) is 0 Å². The van der Waals surface area contributed by atoms with E-state index in [4.69, 9.17) is 0 Å². The van der Waals surface area contributed by atoms with Crippen LogP contribution in [0.1, 0.15) is 29.1 Å². The van der Waals surface area contributed by atoms with Crippen molar-refractivity contribution in [1.82, 2.24) is 10.2 Å². The maximum absolute atomic E-state index is 3.81. The average molecular weight is 307 g/mol. The monoisotopic (exact) mass is 306 g/mol. The summed E-state index contributed by atoms with van der Waals surface area (Å²) in [6, 6.07) is 9.17. The van der Waals surface area contributed by atoms with E-state index in [9.17, 15) is 0 Å². The highest BCUT2D eigenvalue weighted by atomic mass is 32.1. The van der Waals surface area contributed by atoms with Crippen molar-refractivity contribution >= 4 is 22.7 Å². The number of rotatable bonds is 6. The van der Waals surface area contributed by atoms with Crippen molar-refractivity contribution in [1.29, 1.82) is 0 Å². The molecule has 2 nitrogen and oxygen atoms in total. The smallest absolute Gasteiger partial charge is 0.0764 e. The van der Waals surface area contributed by atoms with Gasteiger partial charge < -0.3 is 10.2 Å². The Balaban J connectivity index is 1.63. The fourth-order valence-corrected chi connectivity index (χ4v) is 4.61. The van der Waals surface area contributed by atoms with Crippen LogP contribution in [0, 0.1) is 5.92 Å². The minimum Gasteiger partial charge on any atom is -0.305 e. The van der Waals surface area contributed by atoms with Gasteiger partial charge in [-0.05, 0) is 48.3 Å². The van der Waals surface area contributed by atoms with E-state index in [1.165, 1.54) is 35.8 Å². The van der Waals surface area contributed by atoms with Crippen LogP contribution in [0.25, 0.3) is 0 Å². The first kappa shape index (κ1) is 14.3. The third kappa shape index (κ3) is 3.31. The number of hydrogen-bond acceptors (Lipinski definition) is 4. The van der Waals surface area contributed by atoms with Crippen molar-refractivity contribution in [2.45, 2.75) is 19.4 Å². The largest absolute Gasteiger partial charge is 0.305 e. The van der Waals surface area contributed by atoms with Crippen LogP contribution < -0.4 is 5.32 Å². The molecule has 0 spiro atoms. The minimum absolute atomic E-state index is 0.380. The second-order valence-corrected chi connectivity index (χ2v) is 7.38. The Morgan fingerprint density at radius 2 is 1.95 bits per heavy atom. The molecule has 3 heterocycles. The highest BCUT2D eigenvalue weighted by molar-refractivity contribution is 7.11. The predicted molar refractivity (Wildman–Crippen MR) is 88.7 cm³/mol. The maximum atomic E-state index is 3.81. The zero-order valence-corrected chi connectivity index (χ0v) is 13.6. The van der Waals surface area contributed by atoms with Gasteiger partial charge in [0.15, 0.2) is 0 Å². The molecule has 108 valence electrons. The summed E-state index contributed by atoms with van der Waals surface area (Å²) in [7, 11) is 0. The Morgan fingerprint density at radius 1 is 1.25 bits per heavy atom. The summed E-state index contributed by atoms with van der Waals surface area (Å²) in [4.78, 5) is 5.41. The molecule has 20 heavy (non-hydrogen) atoms. The molecule has 1 unspecified atom stereocenters. The van der Waals surface area contributed by atoms with E-state index in [1.807, 2.05) is 22.7 Å². The Kier molecular flexibility index (Phi) is 4.89. The molecule has 3 rings (SSSR count). The van der Waals surface area contributed by atoms with Crippen molar-refractivity contribution in [3.8, 4) is 0 Å². The summed E-state index contributed by atoms with van der Waals surface area (Å²) in [5.74, 6) is 0.803. The zero-order chi connectivity index (χ0) is 13.8. The normalized spacial score (nSPS) is 20.0. The van der Waals surface area contributed by atoms with Gasteiger partial charge in [0.1, 0.15) is 0 Å². The maximum Gasteiger partial charge on any atom is 0.0764 e. The van der Waals surface area contributed by atoms with E-state index in [1.54, 1.807) is 0 Å². The summed E-state index contributed by atoms with van der Waals surface area (Å²) < 4.78 is 0. The van der Waals surface area contributed by atoms with Crippen LogP contribution in [0.15, 0.2) is 35.0 Å². The molecule has 1 aliphatic heterocycles. The third-order valence-electron chi connectivity index (χ3n) is 4.08. The van der Waals surface area contributed by atoms with Crippen LogP contribution in [0.5, 0.6) is 0 Å². The van der Waals surface area contributed by atoms with E-state index in [2.05, 4.69) is 52.2 Å². The average Bonchev–Trinajstić information content (AvgIpc) is 3.22. The summed E-state index contributed by atoms with van der Waals surface area (Å²) in [6.07, 6.45) is 1.34. The van der Waals surface area contributed by atoms with E-state index >= 15 is 0 Å². The number of nitrogens with zero attached hydrogens (tertiary/aromatic N) is 1.